The summed E-state index contributed by atoms with van der Waals surface area (Å²) in [6, 6.07) is 6.47. The number of rotatable bonds is 6. The van der Waals surface area contributed by atoms with E-state index in [0.717, 1.165) is 23.5 Å². The number of nitriles is 1. The van der Waals surface area contributed by atoms with Crippen molar-refractivity contribution in [2.45, 2.75) is 20.4 Å². The summed E-state index contributed by atoms with van der Waals surface area (Å²) in [5.74, 6) is -2.42. The Bertz CT molecular complexity index is 895. The van der Waals surface area contributed by atoms with Crippen LogP contribution in [0.1, 0.15) is 17.0 Å². The molecule has 0 aliphatic heterocycles. The number of carbonyl (C=O) groups is 1. The second kappa shape index (κ2) is 8.41. The van der Waals surface area contributed by atoms with Crippen molar-refractivity contribution >= 4 is 17.7 Å². The maximum absolute atomic E-state index is 13.7. The van der Waals surface area contributed by atoms with Gasteiger partial charge in [0, 0.05) is 31.1 Å². The lowest BCUT2D eigenvalue weighted by atomic mass is 10.1. The first kappa shape index (κ1) is 19.3. The number of aryl methyl sites for hydroxylation is 1. The largest absolute Gasteiger partial charge is 0.383 e. The van der Waals surface area contributed by atoms with Gasteiger partial charge in [-0.15, -0.1) is 0 Å². The lowest BCUT2D eigenvalue weighted by Gasteiger charge is -2.08. The molecule has 1 amide bonds. The molecule has 0 radical (unpaired) electrons. The molecule has 1 aromatic heterocycles. The van der Waals surface area contributed by atoms with Crippen molar-refractivity contribution < 1.29 is 18.3 Å². The quantitative estimate of drug-likeness (QED) is 0.633. The molecule has 0 aliphatic carbocycles. The third-order valence-corrected chi connectivity index (χ3v) is 3.98. The normalized spacial score (nSPS) is 11.3. The van der Waals surface area contributed by atoms with Crippen LogP contribution in [0.5, 0.6) is 0 Å². The number of carbonyl (C=O) groups excluding carboxylic acids is 1. The molecule has 0 spiro atoms. The van der Waals surface area contributed by atoms with Gasteiger partial charge in [0.1, 0.15) is 23.3 Å². The summed E-state index contributed by atoms with van der Waals surface area (Å²) in [6.45, 7) is 4.98. The van der Waals surface area contributed by atoms with E-state index in [9.17, 15) is 18.8 Å². The summed E-state index contributed by atoms with van der Waals surface area (Å²) in [5, 5.41) is 11.6. The van der Waals surface area contributed by atoms with Crippen LogP contribution < -0.4 is 5.32 Å². The molecular weight excluding hydrogens is 340 g/mol. The van der Waals surface area contributed by atoms with Gasteiger partial charge in [0.25, 0.3) is 5.91 Å². The summed E-state index contributed by atoms with van der Waals surface area (Å²) in [5.41, 5.74) is 2.19. The van der Waals surface area contributed by atoms with Crippen molar-refractivity contribution in [1.82, 2.24) is 4.57 Å². The number of anilines is 1. The van der Waals surface area contributed by atoms with Gasteiger partial charge in [-0.1, -0.05) is 0 Å². The van der Waals surface area contributed by atoms with Gasteiger partial charge < -0.3 is 14.6 Å². The van der Waals surface area contributed by atoms with Gasteiger partial charge in [-0.05, 0) is 43.7 Å². The number of amides is 1. The van der Waals surface area contributed by atoms with E-state index >= 15 is 0 Å². The number of benzene rings is 1. The molecule has 0 fully saturated rings. The average molecular weight is 359 g/mol. The first-order valence-corrected chi connectivity index (χ1v) is 7.91. The summed E-state index contributed by atoms with van der Waals surface area (Å²) >= 11 is 0. The predicted octanol–water partition coefficient (Wildman–Crippen LogP) is 3.58. The first-order chi connectivity index (χ1) is 12.4. The second-order valence-electron chi connectivity index (χ2n) is 5.72. The number of aromatic nitrogens is 1. The SMILES string of the molecule is COCCn1c(C)cc(C=C(C#N)C(=O)Nc2ccc(F)cc2F)c1C. The van der Waals surface area contributed by atoms with E-state index in [2.05, 4.69) is 5.32 Å². The minimum Gasteiger partial charge on any atom is -0.383 e. The highest BCUT2D eigenvalue weighted by molar-refractivity contribution is 6.09. The van der Waals surface area contributed by atoms with Gasteiger partial charge in [0.2, 0.25) is 0 Å². The molecule has 0 atom stereocenters. The van der Waals surface area contributed by atoms with Crippen molar-refractivity contribution in [3.05, 3.63) is 58.4 Å². The van der Waals surface area contributed by atoms with Gasteiger partial charge in [-0.2, -0.15) is 5.26 Å². The van der Waals surface area contributed by atoms with E-state index in [1.54, 1.807) is 7.11 Å². The topological polar surface area (TPSA) is 67.0 Å². The Morgan fingerprint density at radius 1 is 1.35 bits per heavy atom. The van der Waals surface area contributed by atoms with E-state index in [4.69, 9.17) is 4.74 Å². The third-order valence-electron chi connectivity index (χ3n) is 3.98. The molecule has 5 nitrogen and oxygen atoms in total. The third kappa shape index (κ3) is 4.35. The molecule has 0 saturated heterocycles. The molecule has 0 aliphatic rings. The summed E-state index contributed by atoms with van der Waals surface area (Å²) in [7, 11) is 1.61. The molecule has 0 unspecified atom stereocenters. The van der Waals surface area contributed by atoms with E-state index in [1.807, 2.05) is 30.6 Å². The van der Waals surface area contributed by atoms with Crippen LogP contribution in [0.25, 0.3) is 6.08 Å². The lowest BCUT2D eigenvalue weighted by Crippen LogP contribution is -2.14. The monoisotopic (exact) mass is 359 g/mol. The Balaban J connectivity index is 2.27. The van der Waals surface area contributed by atoms with Gasteiger partial charge in [-0.25, -0.2) is 8.78 Å². The van der Waals surface area contributed by atoms with Crippen LogP contribution in [0.4, 0.5) is 14.5 Å². The molecular formula is C19H19F2N3O2. The first-order valence-electron chi connectivity index (χ1n) is 7.91. The van der Waals surface area contributed by atoms with Crippen LogP contribution in [-0.4, -0.2) is 24.2 Å². The van der Waals surface area contributed by atoms with Gasteiger partial charge in [0.05, 0.1) is 12.3 Å². The molecule has 2 rings (SSSR count). The van der Waals surface area contributed by atoms with Gasteiger partial charge in [0.15, 0.2) is 0 Å². The molecule has 2 aromatic rings. The van der Waals surface area contributed by atoms with Crippen molar-refractivity contribution in [2.24, 2.45) is 0 Å². The smallest absolute Gasteiger partial charge is 0.266 e. The molecule has 26 heavy (non-hydrogen) atoms. The highest BCUT2D eigenvalue weighted by atomic mass is 19.1. The predicted molar refractivity (Wildman–Crippen MR) is 94.4 cm³/mol. The highest BCUT2D eigenvalue weighted by Gasteiger charge is 2.15. The maximum Gasteiger partial charge on any atom is 0.266 e. The Morgan fingerprint density at radius 3 is 2.69 bits per heavy atom. The Kier molecular flexibility index (Phi) is 6.26. The fourth-order valence-electron chi connectivity index (χ4n) is 2.59. The minimum atomic E-state index is -0.909. The zero-order valence-corrected chi connectivity index (χ0v) is 14.8. The average Bonchev–Trinajstić information content (AvgIpc) is 2.86. The fourth-order valence-corrected chi connectivity index (χ4v) is 2.59. The zero-order valence-electron chi connectivity index (χ0n) is 14.8. The van der Waals surface area contributed by atoms with Crippen LogP contribution in [-0.2, 0) is 16.1 Å². The Morgan fingerprint density at radius 2 is 2.08 bits per heavy atom. The van der Waals surface area contributed by atoms with Gasteiger partial charge >= 0.3 is 0 Å². The van der Waals surface area contributed by atoms with Crippen molar-refractivity contribution in [2.75, 3.05) is 19.0 Å². The van der Waals surface area contributed by atoms with Crippen LogP contribution >= 0.6 is 0 Å². The molecule has 0 bridgehead atoms. The second-order valence-corrected chi connectivity index (χ2v) is 5.72. The number of nitrogens with zero attached hydrogens (tertiary/aromatic N) is 2. The number of nitrogens with one attached hydrogen (secondary N) is 1. The molecule has 1 heterocycles. The minimum absolute atomic E-state index is 0.180. The number of halogens is 2. The van der Waals surface area contributed by atoms with Crippen LogP contribution in [0.15, 0.2) is 29.8 Å². The van der Waals surface area contributed by atoms with Crippen LogP contribution in [0.3, 0.4) is 0 Å². The zero-order chi connectivity index (χ0) is 19.3. The number of methoxy groups -OCH3 is 1. The highest BCUT2D eigenvalue weighted by Crippen LogP contribution is 2.20. The number of hydrogen-bond acceptors (Lipinski definition) is 3. The lowest BCUT2D eigenvalue weighted by molar-refractivity contribution is -0.112. The molecule has 1 N–H and O–H groups in total. The van der Waals surface area contributed by atoms with E-state index in [0.29, 0.717) is 24.8 Å². The van der Waals surface area contributed by atoms with Crippen LogP contribution in [0.2, 0.25) is 0 Å². The Labute approximate surface area is 150 Å². The van der Waals surface area contributed by atoms with Crippen molar-refractivity contribution in [1.29, 1.82) is 5.26 Å². The van der Waals surface area contributed by atoms with Crippen molar-refractivity contribution in [3.63, 3.8) is 0 Å². The summed E-state index contributed by atoms with van der Waals surface area (Å²) in [4.78, 5) is 12.3. The fraction of sp³-hybridized carbons (Fsp3) is 0.263. The molecule has 136 valence electrons. The van der Waals surface area contributed by atoms with Crippen LogP contribution in [0, 0.1) is 36.8 Å². The number of ether oxygens (including phenoxy) is 1. The molecule has 1 aromatic carbocycles. The van der Waals surface area contributed by atoms with Crippen molar-refractivity contribution in [3.8, 4) is 6.07 Å². The summed E-state index contributed by atoms with van der Waals surface area (Å²) in [6.07, 6.45) is 1.45. The number of hydrogen-bond donors (Lipinski definition) is 1. The summed E-state index contributed by atoms with van der Waals surface area (Å²) < 4.78 is 33.7. The van der Waals surface area contributed by atoms with E-state index in [1.165, 1.54) is 6.08 Å². The molecule has 0 saturated carbocycles. The maximum atomic E-state index is 13.7. The Hall–Kier alpha value is -2.98. The van der Waals surface area contributed by atoms with Gasteiger partial charge in [-0.3, -0.25) is 4.79 Å². The standard InChI is InChI=1S/C19H19F2N3O2/c1-12-8-14(13(2)24(12)6-7-26-3)9-15(11-22)19(25)23-18-5-4-16(20)10-17(18)21/h4-5,8-10H,6-7H2,1-3H3,(H,23,25). The van der Waals surface area contributed by atoms with E-state index in [-0.39, 0.29) is 11.3 Å². The van der Waals surface area contributed by atoms with E-state index < -0.39 is 17.5 Å². The molecule has 7 heteroatoms.